The predicted molar refractivity (Wildman–Crippen MR) is 70.6 cm³/mol. The number of amides is 1. The summed E-state index contributed by atoms with van der Waals surface area (Å²) in [5.74, 6) is 1.28. The minimum atomic E-state index is -0.711. The number of carbonyl (C=O) groups excluding carboxylic acids is 1. The number of carbonyl (C=O) groups is 1. The van der Waals surface area contributed by atoms with Crippen LogP contribution in [-0.2, 0) is 4.79 Å². The third-order valence-electron chi connectivity index (χ3n) is 4.64. The molecule has 0 heterocycles. The van der Waals surface area contributed by atoms with Crippen LogP contribution < -0.4 is 5.32 Å². The van der Waals surface area contributed by atoms with Crippen LogP contribution in [0.2, 0.25) is 0 Å². The van der Waals surface area contributed by atoms with Crippen molar-refractivity contribution in [3.8, 4) is 6.07 Å². The zero-order valence-electron chi connectivity index (χ0n) is 11.5. The van der Waals surface area contributed by atoms with Gasteiger partial charge < -0.3 is 5.32 Å². The number of nitrogens with zero attached hydrogens (tertiary/aromatic N) is 1. The molecule has 100 valence electrons. The monoisotopic (exact) mass is 248 g/mol. The van der Waals surface area contributed by atoms with Crippen molar-refractivity contribution in [2.24, 2.45) is 17.3 Å². The minimum Gasteiger partial charge on any atom is -0.352 e. The summed E-state index contributed by atoms with van der Waals surface area (Å²) in [6, 6.07) is 2.54. The van der Waals surface area contributed by atoms with Crippen molar-refractivity contribution in [3.05, 3.63) is 0 Å². The van der Waals surface area contributed by atoms with Crippen LogP contribution in [0, 0.1) is 28.6 Å². The second-order valence-electron chi connectivity index (χ2n) is 6.49. The summed E-state index contributed by atoms with van der Waals surface area (Å²) < 4.78 is 0. The molecule has 3 nitrogen and oxygen atoms in total. The number of hydrogen-bond acceptors (Lipinski definition) is 2. The summed E-state index contributed by atoms with van der Waals surface area (Å²) in [7, 11) is 0. The van der Waals surface area contributed by atoms with E-state index in [0.29, 0.717) is 12.0 Å². The molecular weight excluding hydrogens is 224 g/mol. The lowest BCUT2D eigenvalue weighted by molar-refractivity contribution is -0.134. The first-order chi connectivity index (χ1) is 8.55. The van der Waals surface area contributed by atoms with Gasteiger partial charge in [0, 0.05) is 6.04 Å². The Kier molecular flexibility index (Phi) is 3.94. The number of hydrogen-bond donors (Lipinski definition) is 1. The van der Waals surface area contributed by atoms with E-state index in [0.717, 1.165) is 31.6 Å². The molecule has 2 aliphatic carbocycles. The summed E-state index contributed by atoms with van der Waals surface area (Å²) in [5, 5.41) is 12.4. The fourth-order valence-electron chi connectivity index (χ4n) is 3.41. The second kappa shape index (κ2) is 5.30. The third kappa shape index (κ3) is 2.68. The Bertz CT molecular complexity index is 352. The van der Waals surface area contributed by atoms with Crippen LogP contribution in [0.3, 0.4) is 0 Å². The first-order valence-electron chi connectivity index (χ1n) is 7.28. The molecule has 2 atom stereocenters. The Morgan fingerprint density at radius 3 is 2.50 bits per heavy atom. The van der Waals surface area contributed by atoms with Crippen LogP contribution in [-0.4, -0.2) is 11.9 Å². The van der Waals surface area contributed by atoms with Crippen molar-refractivity contribution in [1.29, 1.82) is 5.26 Å². The fourth-order valence-corrected chi connectivity index (χ4v) is 3.41. The summed E-state index contributed by atoms with van der Waals surface area (Å²) in [4.78, 5) is 12.3. The first-order valence-corrected chi connectivity index (χ1v) is 7.28. The molecule has 3 heteroatoms. The number of rotatable bonds is 2. The second-order valence-corrected chi connectivity index (χ2v) is 6.49. The van der Waals surface area contributed by atoms with Gasteiger partial charge in [-0.1, -0.05) is 26.7 Å². The Morgan fingerprint density at radius 1 is 1.17 bits per heavy atom. The van der Waals surface area contributed by atoms with E-state index in [2.05, 4.69) is 25.2 Å². The van der Waals surface area contributed by atoms with Crippen LogP contribution in [0.1, 0.15) is 58.8 Å². The van der Waals surface area contributed by atoms with Gasteiger partial charge in [0.2, 0.25) is 5.91 Å². The summed E-state index contributed by atoms with van der Waals surface area (Å²) in [6.45, 7) is 4.39. The van der Waals surface area contributed by atoms with Gasteiger partial charge in [0.05, 0.1) is 6.07 Å². The van der Waals surface area contributed by atoms with Gasteiger partial charge in [0.15, 0.2) is 0 Å². The van der Waals surface area contributed by atoms with Gasteiger partial charge in [-0.15, -0.1) is 0 Å². The molecule has 2 unspecified atom stereocenters. The molecule has 2 aliphatic rings. The van der Waals surface area contributed by atoms with Crippen LogP contribution in [0.15, 0.2) is 0 Å². The normalized spacial score (nSPS) is 40.2. The summed E-state index contributed by atoms with van der Waals surface area (Å²) in [5.41, 5.74) is -0.711. The highest BCUT2D eigenvalue weighted by Gasteiger charge is 2.49. The van der Waals surface area contributed by atoms with Crippen LogP contribution in [0.25, 0.3) is 0 Å². The lowest BCUT2D eigenvalue weighted by atomic mass is 9.63. The van der Waals surface area contributed by atoms with Crippen molar-refractivity contribution >= 4 is 5.91 Å². The Morgan fingerprint density at radius 2 is 1.89 bits per heavy atom. The Balaban J connectivity index is 1.89. The number of nitrogens with one attached hydrogen (secondary N) is 1. The van der Waals surface area contributed by atoms with E-state index in [1.54, 1.807) is 0 Å². The van der Waals surface area contributed by atoms with Gasteiger partial charge in [0.1, 0.15) is 5.41 Å². The average molecular weight is 248 g/mol. The maximum Gasteiger partial charge on any atom is 0.240 e. The van der Waals surface area contributed by atoms with Crippen molar-refractivity contribution < 1.29 is 4.79 Å². The molecule has 2 saturated carbocycles. The van der Waals surface area contributed by atoms with E-state index in [1.807, 2.05) is 0 Å². The van der Waals surface area contributed by atoms with E-state index >= 15 is 0 Å². The smallest absolute Gasteiger partial charge is 0.240 e. The van der Waals surface area contributed by atoms with Crippen molar-refractivity contribution in [2.45, 2.75) is 64.8 Å². The fraction of sp³-hybridized carbons (Fsp3) is 0.867. The molecule has 0 radical (unpaired) electrons. The zero-order valence-corrected chi connectivity index (χ0v) is 11.5. The highest BCUT2D eigenvalue weighted by atomic mass is 16.2. The highest BCUT2D eigenvalue weighted by Crippen LogP contribution is 2.45. The third-order valence-corrected chi connectivity index (χ3v) is 4.64. The largest absolute Gasteiger partial charge is 0.352 e. The van der Waals surface area contributed by atoms with E-state index in [4.69, 9.17) is 0 Å². The molecule has 0 spiro atoms. The quantitative estimate of drug-likeness (QED) is 0.764. The average Bonchev–Trinajstić information content (AvgIpc) is 2.50. The molecule has 2 rings (SSSR count). The molecule has 0 bridgehead atoms. The Hall–Kier alpha value is -1.04. The van der Waals surface area contributed by atoms with E-state index in [-0.39, 0.29) is 5.91 Å². The van der Waals surface area contributed by atoms with Gasteiger partial charge in [-0.05, 0) is 43.9 Å². The maximum atomic E-state index is 12.3. The molecule has 0 aliphatic heterocycles. The van der Waals surface area contributed by atoms with Gasteiger partial charge >= 0.3 is 0 Å². The minimum absolute atomic E-state index is 0.0114. The molecule has 1 amide bonds. The molecule has 0 aromatic heterocycles. The van der Waals surface area contributed by atoms with Gasteiger partial charge in [-0.25, -0.2) is 0 Å². The van der Waals surface area contributed by atoms with Crippen molar-refractivity contribution in [1.82, 2.24) is 5.32 Å². The topological polar surface area (TPSA) is 52.9 Å². The highest BCUT2D eigenvalue weighted by molar-refractivity contribution is 5.86. The first kappa shape index (κ1) is 13.4. The van der Waals surface area contributed by atoms with Gasteiger partial charge in [-0.3, -0.25) is 4.79 Å². The maximum absolute atomic E-state index is 12.3. The molecule has 0 saturated heterocycles. The predicted octanol–water partition coefficient (Wildman–Crippen LogP) is 3.01. The molecule has 2 fully saturated rings. The molecule has 18 heavy (non-hydrogen) atoms. The van der Waals surface area contributed by atoms with Crippen molar-refractivity contribution in [3.63, 3.8) is 0 Å². The van der Waals surface area contributed by atoms with Crippen LogP contribution in [0.4, 0.5) is 0 Å². The van der Waals surface area contributed by atoms with Gasteiger partial charge in [-0.2, -0.15) is 5.26 Å². The Labute approximate surface area is 110 Å². The molecular formula is C15H24N2O. The van der Waals surface area contributed by atoms with E-state index < -0.39 is 5.41 Å². The standard InChI is InChI=1S/C15H24N2O/c1-11-4-3-5-13(7-6-11)17-14(18)15(10-16)8-12(2)9-15/h11-13H,3-9H2,1-2H3,(H,17,18). The summed E-state index contributed by atoms with van der Waals surface area (Å²) >= 11 is 0. The van der Waals surface area contributed by atoms with Crippen molar-refractivity contribution in [2.75, 3.05) is 0 Å². The lowest BCUT2D eigenvalue weighted by Gasteiger charge is -2.40. The van der Waals surface area contributed by atoms with Crippen LogP contribution >= 0.6 is 0 Å². The van der Waals surface area contributed by atoms with Gasteiger partial charge in [0.25, 0.3) is 0 Å². The molecule has 1 N–H and O–H groups in total. The van der Waals surface area contributed by atoms with E-state index in [9.17, 15) is 10.1 Å². The zero-order chi connectivity index (χ0) is 13.2. The number of nitriles is 1. The summed E-state index contributed by atoms with van der Waals surface area (Å²) in [6.07, 6.45) is 7.28. The molecule has 0 aromatic rings. The SMILES string of the molecule is CC1CCCC(NC(=O)C2(C#N)CC(C)C2)CC1. The lowest BCUT2D eigenvalue weighted by Crippen LogP contribution is -2.50. The molecule has 0 aromatic carbocycles. The van der Waals surface area contributed by atoms with E-state index in [1.165, 1.54) is 19.3 Å². The van der Waals surface area contributed by atoms with Crippen LogP contribution in [0.5, 0.6) is 0 Å².